The van der Waals surface area contributed by atoms with Gasteiger partial charge in [-0.05, 0) is 45.9 Å². The number of halogens is 1. The van der Waals surface area contributed by atoms with Crippen LogP contribution in [0.1, 0.15) is 38.1 Å². The molecule has 1 heterocycles. The van der Waals surface area contributed by atoms with Crippen molar-refractivity contribution < 1.29 is 4.79 Å². The number of Topliss-reactive ketones (excluding diaryl/α,β-unsaturated/α-hetero) is 1. The van der Waals surface area contributed by atoms with E-state index in [9.17, 15) is 4.79 Å². The summed E-state index contributed by atoms with van der Waals surface area (Å²) in [5.41, 5.74) is 2.09. The van der Waals surface area contributed by atoms with E-state index in [0.717, 1.165) is 41.9 Å². The molecule has 0 unspecified atom stereocenters. The Morgan fingerprint density at radius 3 is 2.25 bits per heavy atom. The molecule has 0 atom stereocenters. The lowest BCUT2D eigenvalue weighted by atomic mass is 10.0. The fraction of sp³-hybridized carbons (Fsp3) is 0.562. The summed E-state index contributed by atoms with van der Waals surface area (Å²) in [4.78, 5) is 16.6. The van der Waals surface area contributed by atoms with Crippen LogP contribution >= 0.6 is 15.9 Å². The molecule has 1 aliphatic rings. The number of benzene rings is 1. The first-order valence-corrected chi connectivity index (χ1v) is 7.89. The number of ketones is 1. The van der Waals surface area contributed by atoms with Crippen molar-refractivity contribution in [3.63, 3.8) is 0 Å². The van der Waals surface area contributed by atoms with Crippen molar-refractivity contribution in [2.75, 3.05) is 31.1 Å². The van der Waals surface area contributed by atoms with Gasteiger partial charge in [0.25, 0.3) is 0 Å². The zero-order chi connectivity index (χ0) is 14.9. The van der Waals surface area contributed by atoms with Gasteiger partial charge in [0.1, 0.15) is 0 Å². The SMILES string of the molecule is CC(=O)c1cc(Br)ccc1N1CCN(C(C)(C)C)CC1. The van der Waals surface area contributed by atoms with Gasteiger partial charge in [-0.2, -0.15) is 0 Å². The highest BCUT2D eigenvalue weighted by Crippen LogP contribution is 2.27. The van der Waals surface area contributed by atoms with Crippen molar-refractivity contribution in [3.8, 4) is 0 Å². The Morgan fingerprint density at radius 2 is 1.75 bits per heavy atom. The smallest absolute Gasteiger partial charge is 0.161 e. The number of anilines is 1. The number of carbonyl (C=O) groups excluding carboxylic acids is 1. The van der Waals surface area contributed by atoms with Crippen LogP contribution in [-0.2, 0) is 0 Å². The summed E-state index contributed by atoms with van der Waals surface area (Å²) in [6.45, 7) is 12.4. The largest absolute Gasteiger partial charge is 0.368 e. The monoisotopic (exact) mass is 338 g/mol. The molecule has 20 heavy (non-hydrogen) atoms. The maximum atomic E-state index is 11.8. The lowest BCUT2D eigenvalue weighted by Gasteiger charge is -2.43. The second-order valence-corrected chi connectivity index (χ2v) is 7.28. The first-order chi connectivity index (χ1) is 9.29. The van der Waals surface area contributed by atoms with E-state index in [1.54, 1.807) is 6.92 Å². The maximum absolute atomic E-state index is 11.8. The van der Waals surface area contributed by atoms with Gasteiger partial charge in [0.05, 0.1) is 0 Å². The van der Waals surface area contributed by atoms with Gasteiger partial charge in [-0.1, -0.05) is 15.9 Å². The zero-order valence-corrected chi connectivity index (χ0v) is 14.3. The third kappa shape index (κ3) is 3.41. The average Bonchev–Trinajstić information content (AvgIpc) is 2.37. The first kappa shape index (κ1) is 15.5. The fourth-order valence-corrected chi connectivity index (χ4v) is 3.05. The summed E-state index contributed by atoms with van der Waals surface area (Å²) in [5, 5.41) is 0. The first-order valence-electron chi connectivity index (χ1n) is 7.09. The summed E-state index contributed by atoms with van der Waals surface area (Å²) < 4.78 is 0.958. The Hall–Kier alpha value is -0.870. The molecule has 0 spiro atoms. The highest BCUT2D eigenvalue weighted by molar-refractivity contribution is 9.10. The third-order valence-electron chi connectivity index (χ3n) is 3.91. The van der Waals surface area contributed by atoms with E-state index < -0.39 is 0 Å². The third-order valence-corrected chi connectivity index (χ3v) is 4.40. The second-order valence-electron chi connectivity index (χ2n) is 6.36. The van der Waals surface area contributed by atoms with Gasteiger partial charge < -0.3 is 4.90 Å². The number of piperazine rings is 1. The van der Waals surface area contributed by atoms with Crippen molar-refractivity contribution in [2.45, 2.75) is 33.2 Å². The van der Waals surface area contributed by atoms with E-state index in [1.165, 1.54) is 0 Å². The molecule has 1 aromatic rings. The minimum Gasteiger partial charge on any atom is -0.368 e. The summed E-state index contributed by atoms with van der Waals surface area (Å²) in [5.74, 6) is 0.125. The quantitative estimate of drug-likeness (QED) is 0.770. The van der Waals surface area contributed by atoms with E-state index in [0.29, 0.717) is 0 Å². The molecule has 4 heteroatoms. The van der Waals surface area contributed by atoms with Gasteiger partial charge in [0, 0.05) is 47.4 Å². The Kier molecular flexibility index (Phi) is 4.55. The van der Waals surface area contributed by atoms with Crippen LogP contribution in [-0.4, -0.2) is 42.4 Å². The van der Waals surface area contributed by atoms with Crippen LogP contribution in [0.5, 0.6) is 0 Å². The normalized spacial score (nSPS) is 17.4. The highest BCUT2D eigenvalue weighted by atomic mass is 79.9. The molecule has 1 aromatic carbocycles. The van der Waals surface area contributed by atoms with Crippen LogP contribution in [0, 0.1) is 0 Å². The predicted octanol–water partition coefficient (Wildman–Crippen LogP) is 3.57. The molecule has 0 saturated carbocycles. The fourth-order valence-electron chi connectivity index (χ4n) is 2.68. The highest BCUT2D eigenvalue weighted by Gasteiger charge is 2.27. The average molecular weight is 339 g/mol. The zero-order valence-electron chi connectivity index (χ0n) is 12.7. The molecule has 0 aliphatic carbocycles. The number of nitrogens with zero attached hydrogens (tertiary/aromatic N) is 2. The molecule has 2 rings (SSSR count). The van der Waals surface area contributed by atoms with Gasteiger partial charge in [0.2, 0.25) is 0 Å². The maximum Gasteiger partial charge on any atom is 0.161 e. The number of rotatable bonds is 2. The molecular formula is C16H23BrN2O. The van der Waals surface area contributed by atoms with E-state index in [2.05, 4.69) is 46.5 Å². The molecule has 0 radical (unpaired) electrons. The summed E-state index contributed by atoms with van der Waals surface area (Å²) in [7, 11) is 0. The molecule has 0 aromatic heterocycles. The molecule has 0 N–H and O–H groups in total. The van der Waals surface area contributed by atoms with Crippen LogP contribution < -0.4 is 4.90 Å². The lowest BCUT2D eigenvalue weighted by Crippen LogP contribution is -2.53. The lowest BCUT2D eigenvalue weighted by molar-refractivity contribution is 0.101. The van der Waals surface area contributed by atoms with Gasteiger partial charge >= 0.3 is 0 Å². The Balaban J connectivity index is 2.17. The predicted molar refractivity (Wildman–Crippen MR) is 87.7 cm³/mol. The molecule has 110 valence electrons. The second kappa shape index (κ2) is 5.86. The Bertz CT molecular complexity index is 500. The van der Waals surface area contributed by atoms with Gasteiger partial charge in [-0.3, -0.25) is 9.69 Å². The summed E-state index contributed by atoms with van der Waals surface area (Å²) in [6, 6.07) is 5.99. The van der Waals surface area contributed by atoms with Crippen molar-refractivity contribution in [1.82, 2.24) is 4.90 Å². The van der Waals surface area contributed by atoms with Gasteiger partial charge in [-0.15, -0.1) is 0 Å². The number of carbonyl (C=O) groups is 1. The topological polar surface area (TPSA) is 23.6 Å². The van der Waals surface area contributed by atoms with E-state index in [-0.39, 0.29) is 11.3 Å². The van der Waals surface area contributed by atoms with E-state index >= 15 is 0 Å². The molecule has 0 bridgehead atoms. The van der Waals surface area contributed by atoms with Gasteiger partial charge in [0.15, 0.2) is 5.78 Å². The van der Waals surface area contributed by atoms with E-state index in [4.69, 9.17) is 0 Å². The molecule has 1 aliphatic heterocycles. The Labute approximate surface area is 130 Å². The standard InChI is InChI=1S/C16H23BrN2O/c1-12(20)14-11-13(17)5-6-15(14)18-7-9-19(10-8-18)16(2,3)4/h5-6,11H,7-10H2,1-4H3. The van der Waals surface area contributed by atoms with Crippen molar-refractivity contribution in [2.24, 2.45) is 0 Å². The molecular weight excluding hydrogens is 316 g/mol. The van der Waals surface area contributed by atoms with Gasteiger partial charge in [-0.25, -0.2) is 0 Å². The summed E-state index contributed by atoms with van der Waals surface area (Å²) >= 11 is 3.45. The molecule has 0 amide bonds. The molecule has 1 fully saturated rings. The van der Waals surface area contributed by atoms with E-state index in [1.807, 2.05) is 18.2 Å². The van der Waals surface area contributed by atoms with Crippen LogP contribution in [0.15, 0.2) is 22.7 Å². The van der Waals surface area contributed by atoms with Crippen molar-refractivity contribution in [3.05, 3.63) is 28.2 Å². The number of hydrogen-bond donors (Lipinski definition) is 0. The van der Waals surface area contributed by atoms with Crippen LogP contribution in [0.3, 0.4) is 0 Å². The molecule has 1 saturated heterocycles. The molecule has 3 nitrogen and oxygen atoms in total. The minimum atomic E-state index is 0.125. The van der Waals surface area contributed by atoms with Crippen LogP contribution in [0.4, 0.5) is 5.69 Å². The number of hydrogen-bond acceptors (Lipinski definition) is 3. The van der Waals surface area contributed by atoms with Crippen LogP contribution in [0.25, 0.3) is 0 Å². The minimum absolute atomic E-state index is 0.125. The Morgan fingerprint density at radius 1 is 1.15 bits per heavy atom. The summed E-state index contributed by atoms with van der Waals surface area (Å²) in [6.07, 6.45) is 0. The van der Waals surface area contributed by atoms with Crippen LogP contribution in [0.2, 0.25) is 0 Å². The van der Waals surface area contributed by atoms with Crippen molar-refractivity contribution >= 4 is 27.4 Å². The van der Waals surface area contributed by atoms with Crippen molar-refractivity contribution in [1.29, 1.82) is 0 Å².